The van der Waals surface area contributed by atoms with E-state index in [1.807, 2.05) is 6.07 Å². The SMILES string of the molecule is CC(C)N1CCC(Cc2ccccc2)CC1C(N)=O. The predicted molar refractivity (Wildman–Crippen MR) is 77.7 cm³/mol. The van der Waals surface area contributed by atoms with Crippen LogP contribution in [0.3, 0.4) is 0 Å². The van der Waals surface area contributed by atoms with Crippen molar-refractivity contribution in [3.05, 3.63) is 35.9 Å². The van der Waals surface area contributed by atoms with Crippen molar-refractivity contribution in [3.63, 3.8) is 0 Å². The van der Waals surface area contributed by atoms with E-state index in [-0.39, 0.29) is 11.9 Å². The summed E-state index contributed by atoms with van der Waals surface area (Å²) in [5, 5.41) is 0. The van der Waals surface area contributed by atoms with E-state index in [0.29, 0.717) is 12.0 Å². The van der Waals surface area contributed by atoms with Gasteiger partial charge < -0.3 is 5.73 Å². The van der Waals surface area contributed by atoms with Gasteiger partial charge in [0, 0.05) is 6.04 Å². The lowest BCUT2D eigenvalue weighted by Gasteiger charge is -2.40. The van der Waals surface area contributed by atoms with E-state index in [1.54, 1.807) is 0 Å². The molecule has 0 aromatic heterocycles. The Balaban J connectivity index is 2.01. The minimum atomic E-state index is -0.175. The number of amides is 1. The van der Waals surface area contributed by atoms with Crippen molar-refractivity contribution in [2.45, 2.75) is 45.2 Å². The fraction of sp³-hybridized carbons (Fsp3) is 0.562. The summed E-state index contributed by atoms with van der Waals surface area (Å²) in [5.74, 6) is 0.390. The topological polar surface area (TPSA) is 46.3 Å². The Labute approximate surface area is 115 Å². The van der Waals surface area contributed by atoms with Crippen LogP contribution in [0.2, 0.25) is 0 Å². The molecule has 0 radical (unpaired) electrons. The standard InChI is InChI=1S/C16H24N2O/c1-12(2)18-9-8-14(11-15(18)16(17)19)10-13-6-4-3-5-7-13/h3-7,12,14-15H,8-11H2,1-2H3,(H2,17,19). The number of hydrogen-bond acceptors (Lipinski definition) is 2. The molecule has 2 unspecified atom stereocenters. The van der Waals surface area contributed by atoms with Gasteiger partial charge >= 0.3 is 0 Å². The van der Waals surface area contributed by atoms with Gasteiger partial charge in [-0.2, -0.15) is 0 Å². The molecule has 1 aromatic carbocycles. The quantitative estimate of drug-likeness (QED) is 0.902. The number of benzene rings is 1. The molecule has 1 heterocycles. The Morgan fingerprint density at radius 3 is 2.63 bits per heavy atom. The van der Waals surface area contributed by atoms with Gasteiger partial charge in [0.05, 0.1) is 6.04 Å². The second kappa shape index (κ2) is 6.20. The highest BCUT2D eigenvalue weighted by atomic mass is 16.1. The fourth-order valence-electron chi connectivity index (χ4n) is 3.09. The number of primary amides is 1. The van der Waals surface area contributed by atoms with Crippen molar-refractivity contribution in [3.8, 4) is 0 Å². The Kier molecular flexibility index (Phi) is 4.59. The molecule has 0 aliphatic carbocycles. The maximum Gasteiger partial charge on any atom is 0.234 e. The summed E-state index contributed by atoms with van der Waals surface area (Å²) in [6.07, 6.45) is 3.09. The van der Waals surface area contributed by atoms with Crippen LogP contribution in [0.25, 0.3) is 0 Å². The van der Waals surface area contributed by atoms with Gasteiger partial charge in [-0.25, -0.2) is 0 Å². The molecule has 2 N–H and O–H groups in total. The van der Waals surface area contributed by atoms with Gasteiger partial charge in [-0.3, -0.25) is 9.69 Å². The highest BCUT2D eigenvalue weighted by Gasteiger charge is 2.33. The molecular formula is C16H24N2O. The number of nitrogens with zero attached hydrogens (tertiary/aromatic N) is 1. The lowest BCUT2D eigenvalue weighted by Crippen LogP contribution is -2.52. The third-order valence-corrected chi connectivity index (χ3v) is 4.11. The summed E-state index contributed by atoms with van der Waals surface area (Å²) in [4.78, 5) is 13.9. The molecule has 0 spiro atoms. The van der Waals surface area contributed by atoms with Crippen molar-refractivity contribution < 1.29 is 4.79 Å². The minimum Gasteiger partial charge on any atom is -0.368 e. The Hall–Kier alpha value is -1.35. The van der Waals surface area contributed by atoms with E-state index in [9.17, 15) is 4.79 Å². The first-order valence-electron chi connectivity index (χ1n) is 7.17. The minimum absolute atomic E-state index is 0.0949. The third kappa shape index (κ3) is 3.57. The zero-order valence-electron chi connectivity index (χ0n) is 11.9. The molecular weight excluding hydrogens is 236 g/mol. The van der Waals surface area contributed by atoms with Crippen LogP contribution < -0.4 is 5.73 Å². The predicted octanol–water partition coefficient (Wildman–Crippen LogP) is 2.20. The highest BCUT2D eigenvalue weighted by Crippen LogP contribution is 2.27. The molecule has 2 atom stereocenters. The molecule has 1 amide bonds. The average molecular weight is 260 g/mol. The Morgan fingerprint density at radius 1 is 1.37 bits per heavy atom. The van der Waals surface area contributed by atoms with Crippen LogP contribution in [-0.2, 0) is 11.2 Å². The summed E-state index contributed by atoms with van der Waals surface area (Å²) >= 11 is 0. The molecule has 1 aliphatic heterocycles. The van der Waals surface area contributed by atoms with E-state index >= 15 is 0 Å². The van der Waals surface area contributed by atoms with Crippen molar-refractivity contribution in [2.24, 2.45) is 11.7 Å². The lowest BCUT2D eigenvalue weighted by molar-refractivity contribution is -0.126. The molecule has 1 saturated heterocycles. The molecule has 19 heavy (non-hydrogen) atoms. The van der Waals surface area contributed by atoms with Crippen molar-refractivity contribution in [1.82, 2.24) is 4.90 Å². The highest BCUT2D eigenvalue weighted by molar-refractivity contribution is 5.80. The van der Waals surface area contributed by atoms with E-state index in [4.69, 9.17) is 5.73 Å². The number of nitrogens with two attached hydrogens (primary N) is 1. The molecule has 2 rings (SSSR count). The number of likely N-dealkylation sites (tertiary alicyclic amines) is 1. The van der Waals surface area contributed by atoms with Crippen molar-refractivity contribution in [2.75, 3.05) is 6.54 Å². The zero-order chi connectivity index (χ0) is 13.8. The fourth-order valence-corrected chi connectivity index (χ4v) is 3.09. The summed E-state index contributed by atoms with van der Waals surface area (Å²) < 4.78 is 0. The van der Waals surface area contributed by atoms with Gasteiger partial charge in [-0.1, -0.05) is 30.3 Å². The van der Waals surface area contributed by atoms with E-state index in [0.717, 1.165) is 25.8 Å². The summed E-state index contributed by atoms with van der Waals surface area (Å²) in [7, 11) is 0. The summed E-state index contributed by atoms with van der Waals surface area (Å²) in [5.41, 5.74) is 6.93. The third-order valence-electron chi connectivity index (χ3n) is 4.11. The van der Waals surface area contributed by atoms with Crippen LogP contribution in [0.15, 0.2) is 30.3 Å². The number of carbonyl (C=O) groups is 1. The molecule has 1 aromatic rings. The molecule has 104 valence electrons. The summed E-state index contributed by atoms with van der Waals surface area (Å²) in [6.45, 7) is 5.24. The van der Waals surface area contributed by atoms with E-state index in [2.05, 4.69) is 43.0 Å². The number of rotatable bonds is 4. The van der Waals surface area contributed by atoms with Crippen molar-refractivity contribution in [1.29, 1.82) is 0 Å². The molecule has 0 bridgehead atoms. The normalized spacial score (nSPS) is 24.6. The first-order valence-corrected chi connectivity index (χ1v) is 7.17. The second-order valence-corrected chi connectivity index (χ2v) is 5.83. The van der Waals surface area contributed by atoms with Gasteiger partial charge in [0.1, 0.15) is 0 Å². The number of piperidine rings is 1. The maximum absolute atomic E-state index is 11.6. The van der Waals surface area contributed by atoms with Gasteiger partial charge in [0.15, 0.2) is 0 Å². The van der Waals surface area contributed by atoms with Gasteiger partial charge in [0.2, 0.25) is 5.91 Å². The number of carbonyl (C=O) groups excluding carboxylic acids is 1. The molecule has 1 fully saturated rings. The first-order chi connectivity index (χ1) is 9.08. The number of hydrogen-bond donors (Lipinski definition) is 1. The molecule has 3 heteroatoms. The Morgan fingerprint density at radius 2 is 2.05 bits per heavy atom. The first kappa shape index (κ1) is 14.1. The van der Waals surface area contributed by atoms with Crippen LogP contribution in [-0.4, -0.2) is 29.4 Å². The van der Waals surface area contributed by atoms with Crippen LogP contribution in [0.1, 0.15) is 32.3 Å². The van der Waals surface area contributed by atoms with Crippen LogP contribution >= 0.6 is 0 Å². The Bertz CT molecular complexity index is 416. The lowest BCUT2D eigenvalue weighted by atomic mass is 9.85. The van der Waals surface area contributed by atoms with Gasteiger partial charge in [-0.05, 0) is 51.1 Å². The molecule has 3 nitrogen and oxygen atoms in total. The molecule has 1 aliphatic rings. The van der Waals surface area contributed by atoms with E-state index < -0.39 is 0 Å². The van der Waals surface area contributed by atoms with Crippen LogP contribution in [0.5, 0.6) is 0 Å². The second-order valence-electron chi connectivity index (χ2n) is 5.83. The largest absolute Gasteiger partial charge is 0.368 e. The molecule has 0 saturated carbocycles. The summed E-state index contributed by atoms with van der Waals surface area (Å²) in [6, 6.07) is 10.8. The van der Waals surface area contributed by atoms with E-state index in [1.165, 1.54) is 5.56 Å². The van der Waals surface area contributed by atoms with Crippen molar-refractivity contribution >= 4 is 5.91 Å². The zero-order valence-corrected chi connectivity index (χ0v) is 11.9. The maximum atomic E-state index is 11.6. The van der Waals surface area contributed by atoms with Crippen LogP contribution in [0, 0.1) is 5.92 Å². The smallest absolute Gasteiger partial charge is 0.234 e. The average Bonchev–Trinajstić information content (AvgIpc) is 2.39. The van der Waals surface area contributed by atoms with Gasteiger partial charge in [-0.15, -0.1) is 0 Å². The monoisotopic (exact) mass is 260 g/mol. The van der Waals surface area contributed by atoms with Gasteiger partial charge in [0.25, 0.3) is 0 Å². The van der Waals surface area contributed by atoms with Crippen LogP contribution in [0.4, 0.5) is 0 Å².